The predicted octanol–water partition coefficient (Wildman–Crippen LogP) is 2.98. The molecule has 1 aliphatic rings. The van der Waals surface area contributed by atoms with Gasteiger partial charge < -0.3 is 9.47 Å². The number of hydrogen-bond donors (Lipinski definition) is 0. The van der Waals surface area contributed by atoms with Crippen molar-refractivity contribution in [3.05, 3.63) is 35.4 Å². The summed E-state index contributed by atoms with van der Waals surface area (Å²) in [4.78, 5) is 11.5. The van der Waals surface area contributed by atoms with E-state index in [0.717, 1.165) is 36.1 Å². The predicted molar refractivity (Wildman–Crippen MR) is 70.5 cm³/mol. The first-order valence-corrected chi connectivity index (χ1v) is 6.29. The Morgan fingerprint density at radius 3 is 2.94 bits per heavy atom. The van der Waals surface area contributed by atoms with Crippen LogP contribution in [0, 0.1) is 0 Å². The number of rotatable bonds is 3. The number of allylic oxidation sites excluding steroid dienone is 1. The van der Waals surface area contributed by atoms with Gasteiger partial charge in [-0.25, -0.2) is 4.79 Å². The molecule has 0 aromatic heterocycles. The molecule has 3 nitrogen and oxygen atoms in total. The third-order valence-electron chi connectivity index (χ3n) is 3.15. The van der Waals surface area contributed by atoms with Gasteiger partial charge in [0.15, 0.2) is 0 Å². The SMILES string of the molecule is CCOC(=O)/C=C1/CCCc2c(OC)cccc21. The first-order valence-electron chi connectivity index (χ1n) is 6.29. The number of esters is 1. The standard InChI is InChI=1S/C15H18O3/c1-3-18-15(16)10-11-6-4-8-13-12(11)7-5-9-14(13)17-2/h5,7,9-10H,3-4,6,8H2,1-2H3/b11-10-. The van der Waals surface area contributed by atoms with Crippen LogP contribution in [0.4, 0.5) is 0 Å². The minimum atomic E-state index is -0.261. The van der Waals surface area contributed by atoms with Crippen LogP contribution in [0.5, 0.6) is 5.75 Å². The van der Waals surface area contributed by atoms with Gasteiger partial charge in [-0.3, -0.25) is 0 Å². The van der Waals surface area contributed by atoms with Gasteiger partial charge in [0.25, 0.3) is 0 Å². The number of carbonyl (C=O) groups is 1. The molecular weight excluding hydrogens is 228 g/mol. The van der Waals surface area contributed by atoms with Crippen molar-refractivity contribution in [1.82, 2.24) is 0 Å². The fourth-order valence-electron chi connectivity index (χ4n) is 2.38. The molecule has 1 aromatic carbocycles. The normalized spacial score (nSPS) is 16.2. The summed E-state index contributed by atoms with van der Waals surface area (Å²) in [5.74, 6) is 0.644. The fourth-order valence-corrected chi connectivity index (χ4v) is 2.38. The average Bonchev–Trinajstić information content (AvgIpc) is 2.38. The van der Waals surface area contributed by atoms with Gasteiger partial charge in [0.05, 0.1) is 13.7 Å². The molecule has 18 heavy (non-hydrogen) atoms. The lowest BCUT2D eigenvalue weighted by Gasteiger charge is -2.21. The van der Waals surface area contributed by atoms with Crippen LogP contribution in [0.3, 0.4) is 0 Å². The zero-order valence-electron chi connectivity index (χ0n) is 10.9. The number of methoxy groups -OCH3 is 1. The number of ether oxygens (including phenoxy) is 2. The van der Waals surface area contributed by atoms with Gasteiger partial charge in [0.2, 0.25) is 0 Å². The molecule has 0 amide bonds. The first kappa shape index (κ1) is 12.7. The van der Waals surface area contributed by atoms with E-state index in [1.54, 1.807) is 13.2 Å². The largest absolute Gasteiger partial charge is 0.496 e. The van der Waals surface area contributed by atoms with Crippen molar-refractivity contribution in [3.63, 3.8) is 0 Å². The van der Waals surface area contributed by atoms with Crippen LogP contribution in [-0.2, 0) is 16.0 Å². The Bertz CT molecular complexity index is 475. The van der Waals surface area contributed by atoms with Crippen molar-refractivity contribution in [2.75, 3.05) is 13.7 Å². The number of carbonyl (C=O) groups excluding carboxylic acids is 1. The third-order valence-corrected chi connectivity index (χ3v) is 3.15. The second kappa shape index (κ2) is 5.71. The number of fused-ring (bicyclic) bond motifs is 1. The lowest BCUT2D eigenvalue weighted by atomic mass is 9.86. The fraction of sp³-hybridized carbons (Fsp3) is 0.400. The van der Waals surface area contributed by atoms with Crippen molar-refractivity contribution >= 4 is 11.5 Å². The molecule has 0 bridgehead atoms. The van der Waals surface area contributed by atoms with E-state index in [1.807, 2.05) is 25.1 Å². The molecular formula is C15H18O3. The maximum absolute atomic E-state index is 11.5. The zero-order chi connectivity index (χ0) is 13.0. The molecule has 1 aliphatic carbocycles. The monoisotopic (exact) mass is 246 g/mol. The molecule has 3 heteroatoms. The molecule has 0 saturated heterocycles. The smallest absolute Gasteiger partial charge is 0.331 e. The maximum atomic E-state index is 11.5. The Kier molecular flexibility index (Phi) is 4.03. The second-order valence-electron chi connectivity index (χ2n) is 4.26. The van der Waals surface area contributed by atoms with Gasteiger partial charge >= 0.3 is 5.97 Å². The Morgan fingerprint density at radius 2 is 2.22 bits per heavy atom. The lowest BCUT2D eigenvalue weighted by molar-refractivity contribution is -0.137. The van der Waals surface area contributed by atoms with E-state index < -0.39 is 0 Å². The van der Waals surface area contributed by atoms with Crippen LogP contribution in [0.15, 0.2) is 24.3 Å². The van der Waals surface area contributed by atoms with E-state index in [1.165, 1.54) is 5.56 Å². The number of benzene rings is 1. The summed E-state index contributed by atoms with van der Waals surface area (Å²) in [6.45, 7) is 2.22. The van der Waals surface area contributed by atoms with E-state index in [-0.39, 0.29) is 5.97 Å². The van der Waals surface area contributed by atoms with E-state index in [0.29, 0.717) is 6.61 Å². The molecule has 0 heterocycles. The second-order valence-corrected chi connectivity index (χ2v) is 4.26. The summed E-state index contributed by atoms with van der Waals surface area (Å²) < 4.78 is 10.3. The van der Waals surface area contributed by atoms with Gasteiger partial charge in [0.1, 0.15) is 5.75 Å². The van der Waals surface area contributed by atoms with Crippen molar-refractivity contribution in [2.24, 2.45) is 0 Å². The molecule has 0 aliphatic heterocycles. The highest BCUT2D eigenvalue weighted by molar-refractivity contribution is 5.92. The van der Waals surface area contributed by atoms with Crippen LogP contribution in [0.25, 0.3) is 5.57 Å². The summed E-state index contributed by atoms with van der Waals surface area (Å²) in [6, 6.07) is 5.97. The third kappa shape index (κ3) is 2.55. The van der Waals surface area contributed by atoms with Crippen LogP contribution < -0.4 is 4.74 Å². The van der Waals surface area contributed by atoms with Crippen molar-refractivity contribution in [3.8, 4) is 5.75 Å². The van der Waals surface area contributed by atoms with Crippen molar-refractivity contribution < 1.29 is 14.3 Å². The molecule has 0 spiro atoms. The summed E-state index contributed by atoms with van der Waals surface area (Å²) in [5, 5.41) is 0. The molecule has 0 saturated carbocycles. The molecule has 2 rings (SSSR count). The van der Waals surface area contributed by atoms with E-state index >= 15 is 0 Å². The quantitative estimate of drug-likeness (QED) is 0.607. The van der Waals surface area contributed by atoms with Crippen LogP contribution in [-0.4, -0.2) is 19.7 Å². The molecule has 96 valence electrons. The van der Waals surface area contributed by atoms with E-state index in [2.05, 4.69) is 0 Å². The van der Waals surface area contributed by atoms with Gasteiger partial charge in [-0.15, -0.1) is 0 Å². The molecule has 1 aromatic rings. The molecule has 0 atom stereocenters. The summed E-state index contributed by atoms with van der Waals surface area (Å²) in [5.41, 5.74) is 3.36. The van der Waals surface area contributed by atoms with Gasteiger partial charge in [-0.2, -0.15) is 0 Å². The summed E-state index contributed by atoms with van der Waals surface area (Å²) in [7, 11) is 1.68. The highest BCUT2D eigenvalue weighted by Gasteiger charge is 2.18. The maximum Gasteiger partial charge on any atom is 0.331 e. The Hall–Kier alpha value is -1.77. The highest BCUT2D eigenvalue weighted by atomic mass is 16.5. The minimum Gasteiger partial charge on any atom is -0.496 e. The minimum absolute atomic E-state index is 0.261. The van der Waals surface area contributed by atoms with E-state index in [4.69, 9.17) is 9.47 Å². The molecule has 0 unspecified atom stereocenters. The molecule has 0 radical (unpaired) electrons. The Balaban J connectivity index is 2.36. The summed E-state index contributed by atoms with van der Waals surface area (Å²) >= 11 is 0. The first-order chi connectivity index (χ1) is 8.76. The lowest BCUT2D eigenvalue weighted by Crippen LogP contribution is -2.07. The zero-order valence-corrected chi connectivity index (χ0v) is 10.9. The van der Waals surface area contributed by atoms with Crippen molar-refractivity contribution in [1.29, 1.82) is 0 Å². The van der Waals surface area contributed by atoms with Gasteiger partial charge in [-0.05, 0) is 43.4 Å². The Morgan fingerprint density at radius 1 is 1.39 bits per heavy atom. The van der Waals surface area contributed by atoms with Crippen LogP contribution in [0.1, 0.15) is 30.9 Å². The van der Waals surface area contributed by atoms with Gasteiger partial charge in [0, 0.05) is 11.6 Å². The highest BCUT2D eigenvalue weighted by Crippen LogP contribution is 2.35. The van der Waals surface area contributed by atoms with E-state index in [9.17, 15) is 4.79 Å². The average molecular weight is 246 g/mol. The topological polar surface area (TPSA) is 35.5 Å². The van der Waals surface area contributed by atoms with Crippen LogP contribution in [0.2, 0.25) is 0 Å². The number of hydrogen-bond acceptors (Lipinski definition) is 3. The van der Waals surface area contributed by atoms with Gasteiger partial charge in [-0.1, -0.05) is 12.1 Å². The van der Waals surface area contributed by atoms with Crippen molar-refractivity contribution in [2.45, 2.75) is 26.2 Å². The molecule has 0 fully saturated rings. The van der Waals surface area contributed by atoms with Crippen LogP contribution >= 0.6 is 0 Å². The Labute approximate surface area is 107 Å². The molecule has 0 N–H and O–H groups in total. The summed E-state index contributed by atoms with van der Waals surface area (Å²) in [6.07, 6.45) is 4.57.